The number of anilines is 1. The average molecular weight is 306 g/mol. The molecule has 0 fully saturated rings. The van der Waals surface area contributed by atoms with E-state index in [1.807, 2.05) is 6.26 Å². The molecule has 0 aromatic heterocycles. The van der Waals surface area contributed by atoms with Crippen molar-refractivity contribution < 1.29 is 12.8 Å². The fourth-order valence-electron chi connectivity index (χ4n) is 1.82. The van der Waals surface area contributed by atoms with E-state index < -0.39 is 15.8 Å². The number of hydrogen-bond acceptors (Lipinski definition) is 4. The van der Waals surface area contributed by atoms with Gasteiger partial charge in [0.25, 0.3) is 0 Å². The first-order chi connectivity index (χ1) is 8.73. The Balaban J connectivity index is 3.33. The first-order valence-electron chi connectivity index (χ1n) is 5.74. The molecule has 0 saturated carbocycles. The van der Waals surface area contributed by atoms with Gasteiger partial charge in [-0.25, -0.2) is 17.1 Å². The Morgan fingerprint density at radius 2 is 2.00 bits per heavy atom. The molecule has 0 aliphatic heterocycles. The fraction of sp³-hybridized carbons (Fsp3) is 0.500. The van der Waals surface area contributed by atoms with Crippen molar-refractivity contribution in [2.75, 3.05) is 31.3 Å². The van der Waals surface area contributed by atoms with Crippen LogP contribution in [0.15, 0.2) is 11.0 Å². The quantitative estimate of drug-likeness (QED) is 0.845. The lowest BCUT2D eigenvalue weighted by molar-refractivity contribution is 0.487. The van der Waals surface area contributed by atoms with Gasteiger partial charge in [0.2, 0.25) is 10.0 Å². The van der Waals surface area contributed by atoms with E-state index in [1.54, 1.807) is 18.7 Å². The van der Waals surface area contributed by atoms with E-state index >= 15 is 0 Å². The van der Waals surface area contributed by atoms with E-state index in [4.69, 9.17) is 5.73 Å². The van der Waals surface area contributed by atoms with Crippen molar-refractivity contribution in [3.05, 3.63) is 23.0 Å². The molecule has 4 nitrogen and oxygen atoms in total. The molecule has 1 aromatic carbocycles. The van der Waals surface area contributed by atoms with Crippen LogP contribution in [-0.4, -0.2) is 38.3 Å². The molecular weight excluding hydrogens is 287 g/mol. The highest BCUT2D eigenvalue weighted by Gasteiger charge is 2.26. The molecule has 19 heavy (non-hydrogen) atoms. The highest BCUT2D eigenvalue weighted by atomic mass is 32.2. The molecule has 0 aliphatic carbocycles. The number of thioether (sulfide) groups is 1. The number of nitrogens with zero attached hydrogens (tertiary/aromatic N) is 1. The molecule has 7 heteroatoms. The van der Waals surface area contributed by atoms with Gasteiger partial charge in [-0.3, -0.25) is 0 Å². The summed E-state index contributed by atoms with van der Waals surface area (Å²) in [6.07, 6.45) is 1.91. The maximum absolute atomic E-state index is 13.5. The van der Waals surface area contributed by atoms with Crippen LogP contribution in [0.25, 0.3) is 0 Å². The molecule has 1 aromatic rings. The van der Waals surface area contributed by atoms with Crippen molar-refractivity contribution in [3.63, 3.8) is 0 Å². The van der Waals surface area contributed by atoms with E-state index in [-0.39, 0.29) is 16.1 Å². The smallest absolute Gasteiger partial charge is 0.243 e. The number of nitrogen functional groups attached to an aromatic ring is 1. The second kappa shape index (κ2) is 6.11. The van der Waals surface area contributed by atoms with Crippen molar-refractivity contribution in [3.8, 4) is 0 Å². The lowest BCUT2D eigenvalue weighted by atomic mass is 10.1. The molecule has 0 heterocycles. The Labute approximate surface area is 118 Å². The Morgan fingerprint density at radius 3 is 2.53 bits per heavy atom. The van der Waals surface area contributed by atoms with Gasteiger partial charge in [-0.2, -0.15) is 11.8 Å². The van der Waals surface area contributed by atoms with Gasteiger partial charge in [-0.15, -0.1) is 0 Å². The van der Waals surface area contributed by atoms with Gasteiger partial charge < -0.3 is 5.73 Å². The lowest BCUT2D eigenvalue weighted by Crippen LogP contribution is -2.30. The summed E-state index contributed by atoms with van der Waals surface area (Å²) in [5.74, 6) is 0.116. The Hall–Kier alpha value is -0.790. The van der Waals surface area contributed by atoms with E-state index in [1.165, 1.54) is 18.3 Å². The number of sulfonamides is 1. The van der Waals surface area contributed by atoms with E-state index in [0.717, 1.165) is 6.07 Å². The first kappa shape index (κ1) is 16.3. The van der Waals surface area contributed by atoms with Gasteiger partial charge in [0.05, 0.1) is 10.6 Å². The molecule has 0 amide bonds. The van der Waals surface area contributed by atoms with Crippen molar-refractivity contribution in [2.45, 2.75) is 18.7 Å². The Kier molecular flexibility index (Phi) is 5.23. The monoisotopic (exact) mass is 306 g/mol. The Bertz CT molecular complexity index is 574. The number of benzene rings is 1. The molecule has 1 rings (SSSR count). The molecule has 0 aliphatic rings. The molecule has 2 N–H and O–H groups in total. The van der Waals surface area contributed by atoms with Crippen LogP contribution in [0, 0.1) is 19.7 Å². The molecule has 0 radical (unpaired) electrons. The van der Waals surface area contributed by atoms with E-state index in [9.17, 15) is 12.8 Å². The van der Waals surface area contributed by atoms with Gasteiger partial charge in [0, 0.05) is 19.3 Å². The van der Waals surface area contributed by atoms with Crippen LogP contribution < -0.4 is 5.73 Å². The fourth-order valence-corrected chi connectivity index (χ4v) is 4.00. The maximum atomic E-state index is 13.5. The Morgan fingerprint density at radius 1 is 1.42 bits per heavy atom. The zero-order valence-corrected chi connectivity index (χ0v) is 13.2. The van der Waals surface area contributed by atoms with Crippen molar-refractivity contribution in [2.24, 2.45) is 0 Å². The summed E-state index contributed by atoms with van der Waals surface area (Å²) in [6, 6.07) is 1.16. The first-order valence-corrected chi connectivity index (χ1v) is 8.57. The number of hydrogen-bond donors (Lipinski definition) is 1. The highest BCUT2D eigenvalue weighted by Crippen LogP contribution is 2.29. The molecular formula is C12H19FN2O2S2. The summed E-state index contributed by atoms with van der Waals surface area (Å²) in [5.41, 5.74) is 6.12. The number of halogens is 1. The molecule has 0 unspecified atom stereocenters. The number of nitrogens with two attached hydrogens (primary N) is 1. The van der Waals surface area contributed by atoms with Crippen LogP contribution in [-0.2, 0) is 10.0 Å². The summed E-state index contributed by atoms with van der Waals surface area (Å²) < 4.78 is 39.7. The molecule has 108 valence electrons. The molecule has 0 atom stereocenters. The lowest BCUT2D eigenvalue weighted by Gasteiger charge is -2.20. The minimum Gasteiger partial charge on any atom is -0.396 e. The van der Waals surface area contributed by atoms with Gasteiger partial charge in [0.15, 0.2) is 0 Å². The third-order valence-corrected chi connectivity index (χ3v) is 5.72. The van der Waals surface area contributed by atoms with Crippen LogP contribution in [0.5, 0.6) is 0 Å². The molecule has 0 spiro atoms. The minimum absolute atomic E-state index is 0.106. The summed E-state index contributed by atoms with van der Waals surface area (Å²) in [6.45, 7) is 3.51. The van der Waals surface area contributed by atoms with Crippen LogP contribution in [0.1, 0.15) is 11.1 Å². The van der Waals surface area contributed by atoms with Gasteiger partial charge in [0.1, 0.15) is 5.82 Å². The number of rotatable bonds is 5. The average Bonchev–Trinajstić information content (AvgIpc) is 2.32. The van der Waals surface area contributed by atoms with Crippen LogP contribution >= 0.6 is 11.8 Å². The predicted octanol–water partition coefficient (Wildman–Crippen LogP) is 2.01. The summed E-state index contributed by atoms with van der Waals surface area (Å²) in [7, 11) is -2.12. The van der Waals surface area contributed by atoms with Crippen molar-refractivity contribution in [1.29, 1.82) is 0 Å². The largest absolute Gasteiger partial charge is 0.396 e. The standard InChI is InChI=1S/C12H19FN2O2S2/c1-8-7-10(13)11(14)9(2)12(8)19(16,17)15(3)5-6-18-4/h7H,5-6,14H2,1-4H3. The predicted molar refractivity (Wildman–Crippen MR) is 78.5 cm³/mol. The maximum Gasteiger partial charge on any atom is 0.243 e. The van der Waals surface area contributed by atoms with Crippen molar-refractivity contribution >= 4 is 27.5 Å². The molecule has 0 bridgehead atoms. The minimum atomic E-state index is -3.64. The van der Waals surface area contributed by atoms with E-state index in [2.05, 4.69) is 0 Å². The second-order valence-corrected chi connectivity index (χ2v) is 7.33. The van der Waals surface area contributed by atoms with Crippen LogP contribution in [0.3, 0.4) is 0 Å². The van der Waals surface area contributed by atoms with Crippen LogP contribution in [0.2, 0.25) is 0 Å². The topological polar surface area (TPSA) is 63.4 Å². The third-order valence-electron chi connectivity index (χ3n) is 2.98. The van der Waals surface area contributed by atoms with Crippen LogP contribution in [0.4, 0.5) is 10.1 Å². The zero-order valence-electron chi connectivity index (χ0n) is 11.5. The highest BCUT2D eigenvalue weighted by molar-refractivity contribution is 7.98. The molecule has 0 saturated heterocycles. The van der Waals surface area contributed by atoms with E-state index in [0.29, 0.717) is 17.9 Å². The summed E-state index contributed by atoms with van der Waals surface area (Å²) in [5, 5.41) is 0. The van der Waals surface area contributed by atoms with Gasteiger partial charge in [-0.1, -0.05) is 0 Å². The summed E-state index contributed by atoms with van der Waals surface area (Å²) >= 11 is 1.56. The summed E-state index contributed by atoms with van der Waals surface area (Å²) in [4.78, 5) is 0.106. The zero-order chi connectivity index (χ0) is 14.8. The normalized spacial score (nSPS) is 12.1. The third kappa shape index (κ3) is 3.21. The second-order valence-electron chi connectivity index (χ2n) is 4.36. The number of aryl methyl sites for hydroxylation is 1. The SMILES string of the molecule is CSCCN(C)S(=O)(=O)c1c(C)cc(F)c(N)c1C. The van der Waals surface area contributed by atoms with Crippen molar-refractivity contribution in [1.82, 2.24) is 4.31 Å². The van der Waals surface area contributed by atoms with Gasteiger partial charge in [-0.05, 0) is 37.3 Å². The van der Waals surface area contributed by atoms with Gasteiger partial charge >= 0.3 is 0 Å².